The van der Waals surface area contributed by atoms with Gasteiger partial charge in [0.2, 0.25) is 0 Å². The Bertz CT molecular complexity index is 665. The monoisotopic (exact) mass is 377 g/mol. The molecule has 0 aliphatic carbocycles. The highest BCUT2D eigenvalue weighted by molar-refractivity contribution is 6.02. The number of carbonyl (C=O) groups excluding carboxylic acids is 3. The van der Waals surface area contributed by atoms with Crippen molar-refractivity contribution in [3.8, 4) is 0 Å². The lowest BCUT2D eigenvalue weighted by Crippen LogP contribution is -2.51. The maximum atomic E-state index is 13.8. The summed E-state index contributed by atoms with van der Waals surface area (Å²) in [5.74, 6) is -3.96. The van der Waals surface area contributed by atoms with Crippen LogP contribution in [0.15, 0.2) is 12.1 Å². The number of methoxy groups -OCH3 is 1. The van der Waals surface area contributed by atoms with Gasteiger partial charge in [0.05, 0.1) is 7.11 Å². The molecule has 0 radical (unpaired) electrons. The normalized spacial score (nSPS) is 12.4. The van der Waals surface area contributed by atoms with Crippen molar-refractivity contribution in [3.05, 3.63) is 29.1 Å². The number of anilines is 1. The third-order valence-electron chi connectivity index (χ3n) is 3.75. The number of rotatable bonds is 7. The molecule has 9 heteroatoms. The van der Waals surface area contributed by atoms with Gasteiger partial charge in [-0.3, -0.25) is 9.69 Å². The Kier molecular flexibility index (Phi) is 7.29. The molecule has 1 aromatic rings. The molecular weight excluding hydrogens is 358 g/mol. The van der Waals surface area contributed by atoms with E-state index < -0.39 is 29.9 Å². The zero-order valence-electron chi connectivity index (χ0n) is 14.5. The molecule has 1 atom stereocenters. The fourth-order valence-corrected chi connectivity index (χ4v) is 2.52. The molecule has 0 bridgehead atoms. The molecule has 0 fully saturated rings. The summed E-state index contributed by atoms with van der Waals surface area (Å²) in [6, 6.07) is 0.516. The Morgan fingerprint density at radius 2 is 1.77 bits per heavy atom. The zero-order chi connectivity index (χ0) is 20.1. The Morgan fingerprint density at radius 1 is 1.23 bits per heavy atom. The van der Waals surface area contributed by atoms with Gasteiger partial charge in [-0.15, -0.1) is 0 Å². The largest absolute Gasteiger partial charge is 0.471 e. The summed E-state index contributed by atoms with van der Waals surface area (Å²) in [5.41, 5.74) is -0.224. The number of hydrogen-bond acceptors (Lipinski definition) is 4. The molecule has 0 N–H and O–H groups in total. The Hall–Kier alpha value is -2.45. The van der Waals surface area contributed by atoms with Crippen LogP contribution in [0.25, 0.3) is 0 Å². The van der Waals surface area contributed by atoms with E-state index in [0.717, 1.165) is 19.2 Å². The van der Waals surface area contributed by atoms with Gasteiger partial charge in [0.1, 0.15) is 18.1 Å². The van der Waals surface area contributed by atoms with Crippen LogP contribution in [0.1, 0.15) is 30.4 Å². The number of aldehydes is 1. The third-order valence-corrected chi connectivity index (χ3v) is 3.75. The number of hydrogen-bond donors (Lipinski definition) is 0. The smallest absolute Gasteiger partial charge is 0.467 e. The second kappa shape index (κ2) is 8.77. The number of ether oxygens (including phenoxy) is 1. The van der Waals surface area contributed by atoms with Crippen LogP contribution in [0, 0.1) is 19.7 Å². The number of alkyl halides is 3. The number of halogens is 4. The van der Waals surface area contributed by atoms with E-state index in [-0.39, 0.29) is 41.0 Å². The van der Waals surface area contributed by atoms with Gasteiger partial charge in [-0.25, -0.2) is 9.18 Å². The molecule has 0 aliphatic rings. The van der Waals surface area contributed by atoms with E-state index in [2.05, 4.69) is 4.74 Å². The number of esters is 1. The number of unbranched alkanes of at least 4 members (excludes halogenated alkanes) is 1. The average Bonchev–Trinajstić information content (AvgIpc) is 2.56. The molecule has 144 valence electrons. The van der Waals surface area contributed by atoms with Crippen molar-refractivity contribution in [2.45, 2.75) is 45.3 Å². The van der Waals surface area contributed by atoms with Crippen molar-refractivity contribution in [3.63, 3.8) is 0 Å². The van der Waals surface area contributed by atoms with Crippen LogP contribution in [-0.4, -0.2) is 37.5 Å². The molecule has 26 heavy (non-hydrogen) atoms. The molecule has 0 aromatic heterocycles. The van der Waals surface area contributed by atoms with Gasteiger partial charge < -0.3 is 9.53 Å². The summed E-state index contributed by atoms with van der Waals surface area (Å²) in [5, 5.41) is 0. The Morgan fingerprint density at radius 3 is 2.19 bits per heavy atom. The minimum atomic E-state index is -5.26. The molecular formula is C17H19F4NO4. The van der Waals surface area contributed by atoms with Crippen molar-refractivity contribution < 1.29 is 36.7 Å². The van der Waals surface area contributed by atoms with Crippen molar-refractivity contribution in [1.29, 1.82) is 0 Å². The molecule has 1 amide bonds. The highest BCUT2D eigenvalue weighted by atomic mass is 19.4. The highest BCUT2D eigenvalue weighted by Crippen LogP contribution is 2.30. The molecule has 0 aliphatic heterocycles. The minimum absolute atomic E-state index is 0.00299. The number of carbonyl (C=O) groups is 3. The van der Waals surface area contributed by atoms with Gasteiger partial charge in [-0.2, -0.15) is 13.2 Å². The van der Waals surface area contributed by atoms with Crippen molar-refractivity contribution in [1.82, 2.24) is 0 Å². The summed E-state index contributed by atoms with van der Waals surface area (Å²) in [6.45, 7) is 2.67. The van der Waals surface area contributed by atoms with E-state index in [1.807, 2.05) is 0 Å². The molecule has 0 spiro atoms. The molecule has 0 unspecified atom stereocenters. The molecule has 1 rings (SSSR count). The molecule has 0 saturated heterocycles. The van der Waals surface area contributed by atoms with Crippen LogP contribution < -0.4 is 4.90 Å². The maximum Gasteiger partial charge on any atom is 0.471 e. The first kappa shape index (κ1) is 21.6. The van der Waals surface area contributed by atoms with Crippen LogP contribution in [0.2, 0.25) is 0 Å². The summed E-state index contributed by atoms with van der Waals surface area (Å²) >= 11 is 0. The third kappa shape index (κ3) is 5.03. The standard InChI is InChI=1S/C17H19F4NO4/c1-10-8-12(9-11(2)14(10)18)22(16(25)17(19,20)21)13(15(24)26-3)6-4-5-7-23/h7-9,13H,4-6H2,1-3H3/t13-/m1/s1. The van der Waals surface area contributed by atoms with E-state index in [0.29, 0.717) is 6.29 Å². The summed E-state index contributed by atoms with van der Waals surface area (Å²) in [7, 11) is 0.979. The van der Waals surface area contributed by atoms with E-state index in [1.165, 1.54) is 13.8 Å². The Labute approximate surface area is 147 Å². The molecule has 0 heterocycles. The molecule has 1 aromatic carbocycles. The summed E-state index contributed by atoms with van der Waals surface area (Å²) < 4.78 is 57.7. The average molecular weight is 377 g/mol. The van der Waals surface area contributed by atoms with Crippen LogP contribution in [0.3, 0.4) is 0 Å². The fourth-order valence-electron chi connectivity index (χ4n) is 2.52. The first-order valence-electron chi connectivity index (χ1n) is 7.73. The minimum Gasteiger partial charge on any atom is -0.467 e. The predicted molar refractivity (Wildman–Crippen MR) is 85.1 cm³/mol. The summed E-state index contributed by atoms with van der Waals surface area (Å²) in [6.07, 6.45) is -4.85. The van der Waals surface area contributed by atoms with E-state index in [1.54, 1.807) is 0 Å². The van der Waals surface area contributed by atoms with E-state index in [4.69, 9.17) is 0 Å². The SMILES string of the molecule is COC(=O)[C@@H](CCCC=O)N(C(=O)C(F)(F)F)c1cc(C)c(F)c(C)c1. The molecule has 0 saturated carbocycles. The van der Waals surface area contributed by atoms with Gasteiger partial charge in [0, 0.05) is 12.1 Å². The number of amides is 1. The zero-order valence-corrected chi connectivity index (χ0v) is 14.5. The van der Waals surface area contributed by atoms with Gasteiger partial charge in [0.15, 0.2) is 0 Å². The van der Waals surface area contributed by atoms with Crippen LogP contribution in [0.5, 0.6) is 0 Å². The number of benzene rings is 1. The van der Waals surface area contributed by atoms with Crippen LogP contribution in [-0.2, 0) is 19.1 Å². The topological polar surface area (TPSA) is 63.7 Å². The Balaban J connectivity index is 3.49. The number of aryl methyl sites for hydroxylation is 2. The van der Waals surface area contributed by atoms with Crippen molar-refractivity contribution >= 4 is 23.9 Å². The van der Waals surface area contributed by atoms with Gasteiger partial charge >= 0.3 is 18.1 Å². The molecule has 5 nitrogen and oxygen atoms in total. The summed E-state index contributed by atoms with van der Waals surface area (Å²) in [4.78, 5) is 34.8. The van der Waals surface area contributed by atoms with E-state index >= 15 is 0 Å². The van der Waals surface area contributed by atoms with Crippen molar-refractivity contribution in [2.75, 3.05) is 12.0 Å². The van der Waals surface area contributed by atoms with Gasteiger partial charge in [-0.05, 0) is 49.9 Å². The lowest BCUT2D eigenvalue weighted by atomic mass is 10.0. The highest BCUT2D eigenvalue weighted by Gasteiger charge is 2.47. The van der Waals surface area contributed by atoms with Crippen molar-refractivity contribution in [2.24, 2.45) is 0 Å². The van der Waals surface area contributed by atoms with Gasteiger partial charge in [-0.1, -0.05) is 0 Å². The fraction of sp³-hybridized carbons (Fsp3) is 0.471. The van der Waals surface area contributed by atoms with Gasteiger partial charge in [0.25, 0.3) is 0 Å². The van der Waals surface area contributed by atoms with Crippen LogP contribution in [0.4, 0.5) is 23.2 Å². The first-order valence-corrected chi connectivity index (χ1v) is 7.73. The lowest BCUT2D eigenvalue weighted by molar-refractivity contribution is -0.172. The number of nitrogens with zero attached hydrogens (tertiary/aromatic N) is 1. The van der Waals surface area contributed by atoms with E-state index in [9.17, 15) is 31.9 Å². The first-order chi connectivity index (χ1) is 12.0. The lowest BCUT2D eigenvalue weighted by Gasteiger charge is -2.31. The predicted octanol–water partition coefficient (Wildman–Crippen LogP) is 3.25. The maximum absolute atomic E-state index is 13.8. The van der Waals surface area contributed by atoms with Crippen LogP contribution >= 0.6 is 0 Å². The quantitative estimate of drug-likeness (QED) is 0.317. The second-order valence-corrected chi connectivity index (χ2v) is 5.70. The second-order valence-electron chi connectivity index (χ2n) is 5.70.